The molecule has 0 saturated heterocycles. The van der Waals surface area contributed by atoms with Crippen LogP contribution in [0, 0.1) is 41.5 Å². The van der Waals surface area contributed by atoms with Gasteiger partial charge in [0.1, 0.15) is 0 Å². The van der Waals surface area contributed by atoms with E-state index in [1.54, 1.807) is 12.1 Å². The Labute approximate surface area is 438 Å². The van der Waals surface area contributed by atoms with E-state index in [-0.39, 0.29) is 89.9 Å². The largest absolute Gasteiger partial charge is 0.321 e. The number of carbonyl (C=O) groups is 2. The molecule has 1 radical (unpaired) electrons. The Morgan fingerprint density at radius 3 is 0.971 bits per heavy atom. The average Bonchev–Trinajstić information content (AvgIpc) is 3.29. The molecule has 0 atom stereocenters. The first kappa shape index (κ1) is 56.2. The summed E-state index contributed by atoms with van der Waals surface area (Å²) in [6.45, 7) is 12.0. The van der Waals surface area contributed by atoms with Gasteiger partial charge in [-0.05, 0) is 98.2 Å². The van der Waals surface area contributed by atoms with Gasteiger partial charge in [0.05, 0.1) is 34.9 Å². The van der Waals surface area contributed by atoms with Gasteiger partial charge < -0.3 is 9.97 Å². The number of aromatic nitrogens is 2. The number of rotatable bonds is 10. The number of nitrogens with zero attached hydrogens (tertiary/aromatic N) is 2. The van der Waals surface area contributed by atoms with Crippen molar-refractivity contribution in [3.05, 3.63) is 223 Å². The van der Waals surface area contributed by atoms with Crippen LogP contribution in [-0.4, -0.2) is 34.0 Å². The molecule has 0 unspecified atom stereocenters. The van der Waals surface area contributed by atoms with E-state index >= 15 is 0 Å². The van der Waals surface area contributed by atoms with Gasteiger partial charge in [-0.15, -0.1) is 34.0 Å². The quantitative estimate of drug-likeness (QED) is 0.0804. The molecule has 8 aromatic rings. The molecule has 8 nitrogen and oxygen atoms in total. The number of carbonyl (C=O) groups excluding carboxylic acids is 2. The van der Waals surface area contributed by atoms with Gasteiger partial charge in [0.15, 0.2) is 0 Å². The zero-order valence-corrected chi connectivity index (χ0v) is 43.6. The summed E-state index contributed by atoms with van der Waals surface area (Å²) in [5, 5.41) is 0. The summed E-state index contributed by atoms with van der Waals surface area (Å²) in [5.41, 5.74) is 12.8. The predicted molar refractivity (Wildman–Crippen MR) is 283 cm³/mol. The fourth-order valence-corrected chi connectivity index (χ4v) is 7.97. The summed E-state index contributed by atoms with van der Waals surface area (Å²) in [7, 11) is 0. The molecule has 0 saturated carbocycles. The summed E-state index contributed by atoms with van der Waals surface area (Å²) in [5.74, 6) is -0.627. The second-order valence-corrected chi connectivity index (χ2v) is 15.8. The minimum absolute atomic E-state index is 0. The standard InChI is InChI=1S/2C28H24N2O2.2BrH.Co.Ni/c2*1-18-14-19(2)27(20(3)15-18)29-17-25(31)23-16-24(21-10-6-4-7-11-21)30-28(32)26(23)22-12-8-5-9-13-22;;;;/h2*4-17H,1-3H3,(H,30,32);2*1H;;. The third-order valence-electron chi connectivity index (χ3n) is 10.8. The smallest absolute Gasteiger partial charge is 0.257 e. The van der Waals surface area contributed by atoms with E-state index in [0.717, 1.165) is 55.9 Å². The van der Waals surface area contributed by atoms with Crippen molar-refractivity contribution in [2.45, 2.75) is 41.5 Å². The van der Waals surface area contributed by atoms with Gasteiger partial charge in [0.25, 0.3) is 11.1 Å². The van der Waals surface area contributed by atoms with E-state index in [0.29, 0.717) is 44.8 Å². The Kier molecular flexibility index (Phi) is 21.4. The van der Waals surface area contributed by atoms with Crippen molar-refractivity contribution < 1.29 is 42.9 Å². The van der Waals surface area contributed by atoms with Gasteiger partial charge in [-0.25, -0.2) is 0 Å². The Hall–Kier alpha value is -6.14. The van der Waals surface area contributed by atoms with Crippen molar-refractivity contribution in [2.24, 2.45) is 9.98 Å². The van der Waals surface area contributed by atoms with Crippen LogP contribution in [0.2, 0.25) is 0 Å². The molecule has 68 heavy (non-hydrogen) atoms. The molecule has 0 aliphatic carbocycles. The van der Waals surface area contributed by atoms with Crippen molar-refractivity contribution >= 4 is 69.3 Å². The molecule has 2 heterocycles. The van der Waals surface area contributed by atoms with Crippen LogP contribution in [-0.2, 0) is 33.3 Å². The van der Waals surface area contributed by atoms with Gasteiger partial charge in [-0.1, -0.05) is 157 Å². The molecular formula is C56H50Br2CoN4NiO4. The summed E-state index contributed by atoms with van der Waals surface area (Å²) >= 11 is 0. The van der Waals surface area contributed by atoms with E-state index < -0.39 is 0 Å². The molecule has 0 aliphatic rings. The zero-order chi connectivity index (χ0) is 45.3. The number of benzene rings is 6. The molecular weight excluding hydrogens is 1070 g/mol. The van der Waals surface area contributed by atoms with Crippen molar-refractivity contribution in [1.82, 2.24) is 9.97 Å². The zero-order valence-electron chi connectivity index (χ0n) is 38.2. The van der Waals surface area contributed by atoms with E-state index in [1.165, 1.54) is 12.4 Å². The number of halogens is 2. The van der Waals surface area contributed by atoms with Gasteiger partial charge in [0.2, 0.25) is 11.6 Å². The molecule has 2 N–H and O–H groups in total. The minimum Gasteiger partial charge on any atom is -0.321 e. The van der Waals surface area contributed by atoms with Gasteiger partial charge in [-0.3, -0.25) is 29.2 Å². The number of ketones is 2. The van der Waals surface area contributed by atoms with Gasteiger partial charge in [-0.2, -0.15) is 0 Å². The molecule has 12 heteroatoms. The van der Waals surface area contributed by atoms with Crippen LogP contribution in [0.5, 0.6) is 0 Å². The first-order chi connectivity index (χ1) is 30.9. The fourth-order valence-electron chi connectivity index (χ4n) is 7.97. The predicted octanol–water partition coefficient (Wildman–Crippen LogP) is 13.6. The van der Waals surface area contributed by atoms with Crippen LogP contribution < -0.4 is 11.1 Å². The molecule has 0 aliphatic heterocycles. The van der Waals surface area contributed by atoms with Crippen LogP contribution in [0.25, 0.3) is 44.8 Å². The monoisotopic (exact) mass is 1120 g/mol. The Bertz CT molecular complexity index is 2930. The second kappa shape index (κ2) is 25.8. The number of Topliss-reactive ketones (excluding diaryl/α,β-unsaturated/α-hetero) is 2. The number of aromatic amines is 2. The fraction of sp³-hybridized carbons (Fsp3) is 0.107. The molecule has 351 valence electrons. The van der Waals surface area contributed by atoms with Crippen LogP contribution in [0.4, 0.5) is 11.4 Å². The number of hydrogen-bond donors (Lipinski definition) is 2. The van der Waals surface area contributed by atoms with E-state index in [2.05, 4.69) is 20.0 Å². The maximum absolute atomic E-state index is 13.3. The first-order valence-corrected chi connectivity index (χ1v) is 21.0. The van der Waals surface area contributed by atoms with Crippen molar-refractivity contribution in [3.63, 3.8) is 0 Å². The number of pyridine rings is 2. The van der Waals surface area contributed by atoms with E-state index in [1.807, 2.05) is 187 Å². The van der Waals surface area contributed by atoms with Crippen molar-refractivity contribution in [3.8, 4) is 44.8 Å². The summed E-state index contributed by atoms with van der Waals surface area (Å²) < 4.78 is 0. The number of nitrogens with one attached hydrogen (secondary N) is 2. The third kappa shape index (κ3) is 13.5. The Morgan fingerprint density at radius 2 is 0.691 bits per heavy atom. The van der Waals surface area contributed by atoms with E-state index in [4.69, 9.17) is 0 Å². The van der Waals surface area contributed by atoms with Crippen molar-refractivity contribution in [1.29, 1.82) is 0 Å². The molecule has 8 rings (SSSR count). The Balaban J connectivity index is 0.000000340. The number of aliphatic imine (C=N–C) groups is 2. The average molecular weight is 1120 g/mol. The summed E-state index contributed by atoms with van der Waals surface area (Å²) in [6, 6.07) is 49.1. The van der Waals surface area contributed by atoms with Crippen LogP contribution in [0.15, 0.2) is 177 Å². The van der Waals surface area contributed by atoms with E-state index in [9.17, 15) is 19.2 Å². The normalized spacial score (nSPS) is 10.4. The summed E-state index contributed by atoms with van der Waals surface area (Å²) in [6.07, 6.45) is 2.64. The molecule has 6 aromatic carbocycles. The SMILES string of the molecule is Br.Br.Cc1cc(C)c(N=CC(=O)c2cc(-c3ccccc3)[nH]c(=O)c2-c2ccccc2)c(C)c1.Cc1cc(C)c(N=CC(=O)c2cc(-c3ccccc3)[nH]c(=O)c2-c2ccccc2)c(C)c1.[Co].[Ni]. The van der Waals surface area contributed by atoms with Gasteiger partial charge >= 0.3 is 0 Å². The third-order valence-corrected chi connectivity index (χ3v) is 10.8. The van der Waals surface area contributed by atoms with Crippen molar-refractivity contribution in [2.75, 3.05) is 0 Å². The molecule has 2 aromatic heterocycles. The summed E-state index contributed by atoms with van der Waals surface area (Å²) in [4.78, 5) is 67.8. The molecule has 0 fully saturated rings. The maximum atomic E-state index is 13.3. The second-order valence-electron chi connectivity index (χ2n) is 15.8. The van der Waals surface area contributed by atoms with Gasteiger partial charge in [0, 0.05) is 55.8 Å². The van der Waals surface area contributed by atoms with Crippen LogP contribution >= 0.6 is 34.0 Å². The topological polar surface area (TPSA) is 125 Å². The van der Waals surface area contributed by atoms with Crippen LogP contribution in [0.1, 0.15) is 54.1 Å². The minimum atomic E-state index is -0.313. The molecule has 0 spiro atoms. The molecule has 0 amide bonds. The Morgan fingerprint density at radius 1 is 0.426 bits per heavy atom. The first-order valence-electron chi connectivity index (χ1n) is 21.0. The number of hydrogen-bond acceptors (Lipinski definition) is 6. The number of H-pyrrole nitrogens is 2. The maximum Gasteiger partial charge on any atom is 0.257 e. The van der Waals surface area contributed by atoms with Crippen LogP contribution in [0.3, 0.4) is 0 Å². The number of aryl methyl sites for hydroxylation is 6. The molecule has 0 bridgehead atoms.